The molecule has 1 saturated carbocycles. The molecule has 31 heavy (non-hydrogen) atoms. The molecular weight excluding hydrogens is 440 g/mol. The average Bonchev–Trinajstić information content (AvgIpc) is 2.72. The van der Waals surface area contributed by atoms with Gasteiger partial charge in [0.25, 0.3) is 0 Å². The van der Waals surface area contributed by atoms with Gasteiger partial charge < -0.3 is 19.0 Å². The van der Waals surface area contributed by atoms with E-state index in [2.05, 4.69) is 0 Å². The highest BCUT2D eigenvalue weighted by molar-refractivity contribution is 7.98. The Hall–Kier alpha value is -2.48. The highest BCUT2D eigenvalue weighted by Gasteiger charge is 2.35. The third-order valence-corrected chi connectivity index (χ3v) is 6.32. The van der Waals surface area contributed by atoms with Gasteiger partial charge in [0.2, 0.25) is 0 Å². The van der Waals surface area contributed by atoms with Crippen molar-refractivity contribution in [2.24, 2.45) is 5.92 Å². The first-order valence-corrected chi connectivity index (χ1v) is 11.4. The van der Waals surface area contributed by atoms with Crippen molar-refractivity contribution in [3.05, 3.63) is 57.7 Å². The number of para-hydroxylation sites is 1. The maximum absolute atomic E-state index is 12.6. The van der Waals surface area contributed by atoms with Crippen LogP contribution in [0.3, 0.4) is 0 Å². The van der Waals surface area contributed by atoms with Crippen LogP contribution >= 0.6 is 23.4 Å². The zero-order chi connectivity index (χ0) is 22.0. The van der Waals surface area contributed by atoms with Gasteiger partial charge in [-0.3, -0.25) is 9.59 Å². The van der Waals surface area contributed by atoms with E-state index in [1.165, 1.54) is 6.07 Å². The van der Waals surface area contributed by atoms with Gasteiger partial charge in [-0.2, -0.15) is 0 Å². The lowest BCUT2D eigenvalue weighted by Crippen LogP contribution is -2.37. The van der Waals surface area contributed by atoms with Crippen LogP contribution in [0.2, 0.25) is 5.02 Å². The summed E-state index contributed by atoms with van der Waals surface area (Å²) >= 11 is 7.81. The summed E-state index contributed by atoms with van der Waals surface area (Å²) in [6.45, 7) is 0.630. The Morgan fingerprint density at radius 3 is 2.77 bits per heavy atom. The second kappa shape index (κ2) is 9.34. The Balaban J connectivity index is 1.52. The number of carboxylic acids is 1. The maximum atomic E-state index is 12.6. The van der Waals surface area contributed by atoms with E-state index in [0.29, 0.717) is 52.5 Å². The molecule has 0 amide bonds. The number of aliphatic carboxylic acids is 1. The van der Waals surface area contributed by atoms with Crippen LogP contribution < -0.4 is 10.2 Å². The van der Waals surface area contributed by atoms with Crippen LogP contribution in [-0.2, 0) is 9.53 Å². The highest BCUT2D eigenvalue weighted by atomic mass is 35.5. The molecule has 1 heterocycles. The Morgan fingerprint density at radius 2 is 2.03 bits per heavy atom. The summed E-state index contributed by atoms with van der Waals surface area (Å²) in [6.07, 6.45) is 2.99. The predicted molar refractivity (Wildman–Crippen MR) is 120 cm³/mol. The second-order valence-electron chi connectivity index (χ2n) is 7.30. The van der Waals surface area contributed by atoms with Gasteiger partial charge in [-0.25, -0.2) is 0 Å². The normalized spacial score (nSPS) is 18.0. The van der Waals surface area contributed by atoms with Crippen molar-refractivity contribution in [1.82, 2.24) is 0 Å². The van der Waals surface area contributed by atoms with Gasteiger partial charge in [0.15, 0.2) is 11.0 Å². The topological polar surface area (TPSA) is 86.0 Å². The number of halogens is 1. The molecule has 0 saturated heterocycles. The van der Waals surface area contributed by atoms with Gasteiger partial charge >= 0.3 is 5.97 Å². The summed E-state index contributed by atoms with van der Waals surface area (Å²) < 4.78 is 17.6. The molecule has 1 fully saturated rings. The van der Waals surface area contributed by atoms with E-state index in [4.69, 9.17) is 30.6 Å². The molecule has 1 N–H and O–H groups in total. The molecule has 0 atom stereocenters. The summed E-state index contributed by atoms with van der Waals surface area (Å²) in [5.74, 6) is -0.135. The molecule has 2 aromatic carbocycles. The molecule has 0 bridgehead atoms. The molecule has 162 valence electrons. The number of ether oxygens (including phenoxy) is 2. The molecule has 1 aromatic heterocycles. The van der Waals surface area contributed by atoms with Crippen LogP contribution in [0.4, 0.5) is 0 Å². The molecule has 0 radical (unpaired) electrons. The number of carboxylic acid groups (broad SMARTS) is 1. The molecule has 4 rings (SSSR count). The Morgan fingerprint density at radius 1 is 1.23 bits per heavy atom. The van der Waals surface area contributed by atoms with Crippen molar-refractivity contribution >= 4 is 40.3 Å². The number of thioether (sulfide) groups is 1. The van der Waals surface area contributed by atoms with E-state index < -0.39 is 5.97 Å². The van der Waals surface area contributed by atoms with Gasteiger partial charge in [0.05, 0.1) is 34.6 Å². The molecule has 3 aromatic rings. The van der Waals surface area contributed by atoms with Crippen LogP contribution in [0.1, 0.15) is 12.8 Å². The number of benzene rings is 2. The maximum Gasteiger partial charge on any atom is 0.306 e. The zero-order valence-corrected chi connectivity index (χ0v) is 18.4. The van der Waals surface area contributed by atoms with E-state index in [-0.39, 0.29) is 24.1 Å². The average molecular weight is 461 g/mol. The van der Waals surface area contributed by atoms with Crippen LogP contribution in [0.5, 0.6) is 5.75 Å². The third-order valence-electron chi connectivity index (χ3n) is 5.30. The van der Waals surface area contributed by atoms with Crippen molar-refractivity contribution < 1.29 is 23.8 Å². The monoisotopic (exact) mass is 460 g/mol. The van der Waals surface area contributed by atoms with E-state index in [1.54, 1.807) is 30.0 Å². The van der Waals surface area contributed by atoms with Crippen molar-refractivity contribution in [2.45, 2.75) is 23.8 Å². The standard InChI is InChI=1S/C23H21ClO6S/c1-31-15-5-6-17(21-12-19(25)16-3-2-4-18(24)22(16)30-21)20(11-15)29-8-7-28-14-9-13(10-14)23(26)27/h2-6,11-14H,7-10H2,1H3,(H,26,27). The first kappa shape index (κ1) is 21.7. The van der Waals surface area contributed by atoms with Crippen molar-refractivity contribution in [1.29, 1.82) is 0 Å². The number of rotatable bonds is 8. The fourth-order valence-electron chi connectivity index (χ4n) is 3.50. The molecule has 1 aliphatic carbocycles. The van der Waals surface area contributed by atoms with Gasteiger partial charge in [-0.15, -0.1) is 11.8 Å². The molecule has 0 spiro atoms. The molecule has 8 heteroatoms. The Labute approximate surface area is 188 Å². The molecular formula is C23H21ClO6S. The summed E-state index contributed by atoms with van der Waals surface area (Å²) in [4.78, 5) is 24.5. The molecule has 0 aliphatic heterocycles. The smallest absolute Gasteiger partial charge is 0.306 e. The minimum absolute atomic E-state index is 0.0395. The Bertz CT molecular complexity index is 1170. The summed E-state index contributed by atoms with van der Waals surface area (Å²) in [6, 6.07) is 12.2. The van der Waals surface area contributed by atoms with Gasteiger partial charge in [-0.05, 0) is 49.4 Å². The van der Waals surface area contributed by atoms with E-state index >= 15 is 0 Å². The van der Waals surface area contributed by atoms with Gasteiger partial charge in [0, 0.05) is 11.0 Å². The first-order valence-electron chi connectivity index (χ1n) is 9.84. The summed E-state index contributed by atoms with van der Waals surface area (Å²) in [7, 11) is 0. The number of hydrogen-bond donors (Lipinski definition) is 1. The second-order valence-corrected chi connectivity index (χ2v) is 8.59. The lowest BCUT2D eigenvalue weighted by Gasteiger charge is -2.32. The largest absolute Gasteiger partial charge is 0.490 e. The number of hydrogen-bond acceptors (Lipinski definition) is 6. The van der Waals surface area contributed by atoms with Crippen molar-refractivity contribution in [3.63, 3.8) is 0 Å². The molecule has 0 unspecified atom stereocenters. The zero-order valence-electron chi connectivity index (χ0n) is 16.8. The van der Waals surface area contributed by atoms with Gasteiger partial charge in [-0.1, -0.05) is 17.7 Å². The van der Waals surface area contributed by atoms with Crippen molar-refractivity contribution in [3.8, 4) is 17.1 Å². The van der Waals surface area contributed by atoms with Crippen molar-refractivity contribution in [2.75, 3.05) is 19.5 Å². The van der Waals surface area contributed by atoms with Crippen LogP contribution in [0.25, 0.3) is 22.3 Å². The molecule has 1 aliphatic rings. The lowest BCUT2D eigenvalue weighted by atomic mass is 9.82. The van der Waals surface area contributed by atoms with Gasteiger partial charge in [0.1, 0.15) is 18.1 Å². The van der Waals surface area contributed by atoms with Crippen LogP contribution in [0, 0.1) is 5.92 Å². The lowest BCUT2D eigenvalue weighted by molar-refractivity contribution is -0.151. The van der Waals surface area contributed by atoms with E-state index in [9.17, 15) is 9.59 Å². The SMILES string of the molecule is CSc1ccc(-c2cc(=O)c3cccc(Cl)c3o2)c(OCCOC2CC(C(=O)O)C2)c1. The summed E-state index contributed by atoms with van der Waals surface area (Å²) in [5.41, 5.74) is 0.805. The minimum Gasteiger partial charge on any atom is -0.490 e. The number of fused-ring (bicyclic) bond motifs is 1. The fourth-order valence-corrected chi connectivity index (χ4v) is 4.14. The van der Waals surface area contributed by atoms with E-state index in [0.717, 1.165) is 4.90 Å². The molecule has 6 nitrogen and oxygen atoms in total. The minimum atomic E-state index is -0.772. The van der Waals surface area contributed by atoms with Crippen LogP contribution in [-0.4, -0.2) is 36.6 Å². The van der Waals surface area contributed by atoms with E-state index in [1.807, 2.05) is 24.5 Å². The summed E-state index contributed by atoms with van der Waals surface area (Å²) in [5, 5.41) is 9.73. The quantitative estimate of drug-likeness (QED) is 0.370. The highest BCUT2D eigenvalue weighted by Crippen LogP contribution is 2.35. The predicted octanol–water partition coefficient (Wildman–Crippen LogP) is 5.09. The first-order chi connectivity index (χ1) is 15.0. The fraction of sp³-hybridized carbons (Fsp3) is 0.304. The third kappa shape index (κ3) is 4.74. The van der Waals surface area contributed by atoms with Crippen LogP contribution in [0.15, 0.2) is 56.6 Å². The Kier molecular flexibility index (Phi) is 6.55. The number of carbonyl (C=O) groups is 1.